The fourth-order valence-electron chi connectivity index (χ4n) is 0.514. The van der Waals surface area contributed by atoms with Gasteiger partial charge in [-0.3, -0.25) is 0 Å². The molecule has 0 aliphatic rings. The summed E-state index contributed by atoms with van der Waals surface area (Å²) < 4.78 is 4.17. The molecule has 0 amide bonds. The van der Waals surface area contributed by atoms with Crippen molar-refractivity contribution < 1.29 is 19.4 Å². The van der Waals surface area contributed by atoms with Gasteiger partial charge >= 0.3 is 11.4 Å². The van der Waals surface area contributed by atoms with Gasteiger partial charge in [-0.15, -0.1) is 11.3 Å². The number of hydrogen-bond acceptors (Lipinski definition) is 4. The summed E-state index contributed by atoms with van der Waals surface area (Å²) in [6.45, 7) is 2.04. The lowest BCUT2D eigenvalue weighted by Gasteiger charge is -1.86. The van der Waals surface area contributed by atoms with Gasteiger partial charge in [0.2, 0.25) is 0 Å². The molecule has 4 nitrogen and oxygen atoms in total. The first kappa shape index (κ1) is 12.9. The highest BCUT2D eigenvalue weighted by atomic mass is 35.5. The number of carbonyl (C=O) groups excluding carboxylic acids is 1. The number of halogens is 1. The largest absolute Gasteiger partial charge is 0.477 e. The van der Waals surface area contributed by atoms with Crippen molar-refractivity contribution in [1.82, 2.24) is 0 Å². The van der Waals surface area contributed by atoms with Crippen LogP contribution < -0.4 is 0 Å². The molecule has 6 heteroatoms. The van der Waals surface area contributed by atoms with Crippen molar-refractivity contribution in [1.29, 1.82) is 0 Å². The van der Waals surface area contributed by atoms with Crippen LogP contribution in [0, 0.1) is 0 Å². The van der Waals surface area contributed by atoms with Crippen LogP contribution in [0.4, 0.5) is 4.79 Å². The van der Waals surface area contributed by atoms with Crippen molar-refractivity contribution in [2.24, 2.45) is 0 Å². The highest BCUT2D eigenvalue weighted by molar-refractivity contribution is 7.11. The zero-order chi connectivity index (χ0) is 11.0. The molecule has 0 fully saturated rings. The molecule has 0 aliphatic carbocycles. The number of carboxylic acids is 1. The van der Waals surface area contributed by atoms with Gasteiger partial charge in [-0.25, -0.2) is 9.59 Å². The van der Waals surface area contributed by atoms with Gasteiger partial charge in [-0.2, -0.15) is 0 Å². The SMILES string of the molecule is CCOC(=O)Cl.O=C(O)c1cccs1. The summed E-state index contributed by atoms with van der Waals surface area (Å²) in [5.41, 5.74) is -0.738. The van der Waals surface area contributed by atoms with Crippen LogP contribution in [-0.2, 0) is 4.74 Å². The van der Waals surface area contributed by atoms with E-state index in [1.807, 2.05) is 0 Å². The lowest BCUT2D eigenvalue weighted by Crippen LogP contribution is -1.89. The average molecular weight is 237 g/mol. The summed E-state index contributed by atoms with van der Waals surface area (Å²) in [5, 5.41) is 10.0. The fourth-order valence-corrected chi connectivity index (χ4v) is 1.18. The van der Waals surface area contributed by atoms with E-state index >= 15 is 0 Å². The maximum absolute atomic E-state index is 10.1. The number of thiophene rings is 1. The number of carbonyl (C=O) groups is 2. The Balaban J connectivity index is 0.000000255. The first-order chi connectivity index (χ1) is 6.57. The number of hydrogen-bond donors (Lipinski definition) is 1. The Morgan fingerprint density at radius 3 is 2.43 bits per heavy atom. The molecule has 0 unspecified atom stereocenters. The second-order valence-electron chi connectivity index (χ2n) is 1.95. The smallest absolute Gasteiger partial charge is 0.403 e. The highest BCUT2D eigenvalue weighted by Gasteiger charge is 1.99. The summed E-state index contributed by atoms with van der Waals surface area (Å²) in [7, 11) is 0. The van der Waals surface area contributed by atoms with E-state index in [9.17, 15) is 9.59 Å². The molecule has 1 heterocycles. The molecule has 0 saturated carbocycles. The van der Waals surface area contributed by atoms with Gasteiger partial charge in [0.1, 0.15) is 4.88 Å². The molecular weight excluding hydrogens is 228 g/mol. The molecule has 0 aliphatic heterocycles. The van der Waals surface area contributed by atoms with Gasteiger partial charge < -0.3 is 9.84 Å². The molecular formula is C8H9ClO4S. The number of aromatic carboxylic acids is 1. The average Bonchev–Trinajstić information content (AvgIpc) is 2.56. The predicted octanol–water partition coefficient (Wildman–Crippen LogP) is 2.83. The second-order valence-corrected chi connectivity index (χ2v) is 3.21. The van der Waals surface area contributed by atoms with Crippen molar-refractivity contribution >= 4 is 34.3 Å². The normalized spacial score (nSPS) is 8.43. The molecule has 0 aromatic carbocycles. The van der Waals surface area contributed by atoms with Crippen molar-refractivity contribution in [3.05, 3.63) is 22.4 Å². The fraction of sp³-hybridized carbons (Fsp3) is 0.250. The quantitative estimate of drug-likeness (QED) is 0.802. The predicted molar refractivity (Wildman–Crippen MR) is 54.2 cm³/mol. The van der Waals surface area contributed by atoms with Gasteiger partial charge in [0.15, 0.2) is 0 Å². The Morgan fingerprint density at radius 2 is 2.29 bits per heavy atom. The first-order valence-corrected chi connectivity index (χ1v) is 4.92. The van der Waals surface area contributed by atoms with E-state index in [0.29, 0.717) is 11.5 Å². The Kier molecular flexibility index (Phi) is 6.78. The van der Waals surface area contributed by atoms with Gasteiger partial charge in [0, 0.05) is 11.6 Å². The van der Waals surface area contributed by atoms with Gasteiger partial charge in [-0.1, -0.05) is 6.07 Å². The lowest BCUT2D eigenvalue weighted by molar-refractivity contribution is 0.0702. The van der Waals surface area contributed by atoms with Crippen LogP contribution in [0.1, 0.15) is 16.6 Å². The Bertz CT molecular complexity index is 284. The third kappa shape index (κ3) is 6.45. The summed E-state index contributed by atoms with van der Waals surface area (Å²) in [6.07, 6.45) is 0. The van der Waals surface area contributed by atoms with Gasteiger partial charge in [0.25, 0.3) is 0 Å². The summed E-state index contributed by atoms with van der Waals surface area (Å²) in [6, 6.07) is 3.29. The topological polar surface area (TPSA) is 63.6 Å². The lowest BCUT2D eigenvalue weighted by atomic mass is 10.5. The van der Waals surface area contributed by atoms with Crippen LogP contribution in [0.5, 0.6) is 0 Å². The van der Waals surface area contributed by atoms with E-state index in [-0.39, 0.29) is 0 Å². The molecule has 0 atom stereocenters. The monoisotopic (exact) mass is 236 g/mol. The van der Waals surface area contributed by atoms with E-state index < -0.39 is 11.4 Å². The maximum Gasteiger partial charge on any atom is 0.403 e. The second kappa shape index (κ2) is 7.34. The maximum atomic E-state index is 10.1. The van der Waals surface area contributed by atoms with Crippen LogP contribution in [0.15, 0.2) is 17.5 Å². The van der Waals surface area contributed by atoms with E-state index in [1.54, 1.807) is 24.4 Å². The molecule has 1 aromatic rings. The highest BCUT2D eigenvalue weighted by Crippen LogP contribution is 2.06. The van der Waals surface area contributed by atoms with Gasteiger partial charge in [0.05, 0.1) is 6.61 Å². The molecule has 0 radical (unpaired) electrons. The summed E-state index contributed by atoms with van der Waals surface area (Å²) in [5.74, 6) is -0.847. The zero-order valence-corrected chi connectivity index (χ0v) is 8.97. The van der Waals surface area contributed by atoms with E-state index in [0.717, 1.165) is 0 Å². The molecule has 1 N–H and O–H groups in total. The van der Waals surface area contributed by atoms with Crippen molar-refractivity contribution in [2.45, 2.75) is 6.92 Å². The molecule has 14 heavy (non-hydrogen) atoms. The minimum atomic E-state index is -0.847. The minimum Gasteiger partial charge on any atom is -0.477 e. The molecule has 0 saturated heterocycles. The number of carboxylic acid groups (broad SMARTS) is 1. The van der Waals surface area contributed by atoms with Crippen LogP contribution >= 0.6 is 22.9 Å². The van der Waals surface area contributed by atoms with E-state index in [2.05, 4.69) is 4.74 Å². The molecule has 0 bridgehead atoms. The minimum absolute atomic E-state index is 0.350. The third-order valence-corrected chi connectivity index (χ3v) is 1.96. The van der Waals surface area contributed by atoms with Crippen LogP contribution in [0.2, 0.25) is 0 Å². The zero-order valence-electron chi connectivity index (χ0n) is 7.40. The van der Waals surface area contributed by atoms with Gasteiger partial charge in [-0.05, 0) is 18.4 Å². The first-order valence-electron chi connectivity index (χ1n) is 3.67. The summed E-state index contributed by atoms with van der Waals surface area (Å²) >= 11 is 5.95. The van der Waals surface area contributed by atoms with E-state index in [4.69, 9.17) is 16.7 Å². The Morgan fingerprint density at radius 1 is 1.64 bits per heavy atom. The van der Waals surface area contributed by atoms with Crippen LogP contribution in [-0.4, -0.2) is 23.1 Å². The molecule has 78 valence electrons. The van der Waals surface area contributed by atoms with Crippen LogP contribution in [0.25, 0.3) is 0 Å². The van der Waals surface area contributed by atoms with Crippen molar-refractivity contribution in [3.8, 4) is 0 Å². The van der Waals surface area contributed by atoms with E-state index in [1.165, 1.54) is 11.3 Å². The van der Waals surface area contributed by atoms with Crippen LogP contribution in [0.3, 0.4) is 0 Å². The number of rotatable bonds is 2. The molecule has 1 aromatic heterocycles. The Labute approximate surface area is 90.1 Å². The summed E-state index contributed by atoms with van der Waals surface area (Å²) in [4.78, 5) is 20.1. The third-order valence-electron chi connectivity index (χ3n) is 0.990. The number of ether oxygens (including phenoxy) is 1. The Hall–Kier alpha value is -1.07. The standard InChI is InChI=1S/C5H4O2S.C3H5ClO2/c6-5(7)4-2-1-3-8-4;1-2-6-3(4)5/h1-3H,(H,6,7);2H2,1H3. The van der Waals surface area contributed by atoms with Crippen molar-refractivity contribution in [2.75, 3.05) is 6.61 Å². The molecule has 1 rings (SSSR count). The molecule has 0 spiro atoms. The van der Waals surface area contributed by atoms with Crippen molar-refractivity contribution in [3.63, 3.8) is 0 Å².